The highest BCUT2D eigenvalue weighted by atomic mass is 16.5. The topological polar surface area (TPSA) is 65.0 Å². The van der Waals surface area contributed by atoms with Gasteiger partial charge >= 0.3 is 0 Å². The molecule has 2 fully saturated rings. The average molecular weight is 389 g/mol. The monoisotopic (exact) mass is 388 g/mol. The van der Waals surface area contributed by atoms with Crippen LogP contribution < -0.4 is 15.5 Å². The molecule has 2 saturated heterocycles. The third-order valence-corrected chi connectivity index (χ3v) is 5.33. The lowest BCUT2D eigenvalue weighted by atomic mass is 10.2. The van der Waals surface area contributed by atoms with Crippen LogP contribution >= 0.6 is 0 Å². The van der Waals surface area contributed by atoms with Crippen molar-refractivity contribution in [2.24, 2.45) is 4.99 Å². The summed E-state index contributed by atoms with van der Waals surface area (Å²) >= 11 is 0. The summed E-state index contributed by atoms with van der Waals surface area (Å²) in [5, 5.41) is 6.76. The maximum Gasteiger partial charge on any atom is 0.191 e. The number of nitrogens with zero attached hydrogens (tertiary/aromatic N) is 4. The number of rotatable bonds is 7. The van der Waals surface area contributed by atoms with Crippen molar-refractivity contribution in [2.75, 3.05) is 63.9 Å². The normalized spacial score (nSPS) is 19.3. The fourth-order valence-corrected chi connectivity index (χ4v) is 3.67. The largest absolute Gasteiger partial charge is 0.379 e. The summed E-state index contributed by atoms with van der Waals surface area (Å²) in [4.78, 5) is 14.2. The lowest BCUT2D eigenvalue weighted by Gasteiger charge is -2.26. The molecule has 2 aliphatic rings. The van der Waals surface area contributed by atoms with Crippen LogP contribution in [-0.2, 0) is 11.3 Å². The number of hydrogen-bond donors (Lipinski definition) is 2. The Hall–Kier alpha value is -1.86. The van der Waals surface area contributed by atoms with Crippen molar-refractivity contribution in [1.82, 2.24) is 20.5 Å². The standard InChI is InChI=1S/C21H36N6O/c1-2-22-21(23-9-12-26-13-15-28-16-14-26)25-18-19-7-8-20(24-17-19)27-10-5-3-4-6-11-27/h7-8,17H,2-6,9-16,18H2,1H3,(H2,22,23,25). The average Bonchev–Trinajstić information content (AvgIpc) is 3.03. The van der Waals surface area contributed by atoms with E-state index in [1.165, 1.54) is 25.7 Å². The summed E-state index contributed by atoms with van der Waals surface area (Å²) in [6.07, 6.45) is 7.21. The Morgan fingerprint density at radius 3 is 2.54 bits per heavy atom. The molecule has 3 heterocycles. The summed E-state index contributed by atoms with van der Waals surface area (Å²) in [5.41, 5.74) is 1.14. The fourth-order valence-electron chi connectivity index (χ4n) is 3.67. The first-order valence-electron chi connectivity index (χ1n) is 10.9. The predicted octanol–water partition coefficient (Wildman–Crippen LogP) is 1.85. The van der Waals surface area contributed by atoms with Crippen LogP contribution in [0.4, 0.5) is 5.82 Å². The number of hydrogen-bond acceptors (Lipinski definition) is 5. The van der Waals surface area contributed by atoms with E-state index >= 15 is 0 Å². The van der Waals surface area contributed by atoms with Gasteiger partial charge in [0, 0.05) is 52.0 Å². The second-order valence-corrected chi connectivity index (χ2v) is 7.50. The Morgan fingerprint density at radius 2 is 1.86 bits per heavy atom. The van der Waals surface area contributed by atoms with Crippen LogP contribution in [0.25, 0.3) is 0 Å². The zero-order valence-corrected chi connectivity index (χ0v) is 17.3. The van der Waals surface area contributed by atoms with Gasteiger partial charge in [-0.1, -0.05) is 18.9 Å². The first-order chi connectivity index (χ1) is 13.8. The number of aromatic nitrogens is 1. The number of anilines is 1. The minimum Gasteiger partial charge on any atom is -0.379 e. The third-order valence-electron chi connectivity index (χ3n) is 5.33. The quantitative estimate of drug-likeness (QED) is 0.549. The number of pyridine rings is 1. The number of aliphatic imine (C=N–C) groups is 1. The number of guanidine groups is 1. The maximum absolute atomic E-state index is 5.40. The second-order valence-electron chi connectivity index (χ2n) is 7.50. The molecular formula is C21H36N6O. The predicted molar refractivity (Wildman–Crippen MR) is 115 cm³/mol. The van der Waals surface area contributed by atoms with Gasteiger partial charge in [-0.15, -0.1) is 0 Å². The van der Waals surface area contributed by atoms with Gasteiger partial charge < -0.3 is 20.3 Å². The molecule has 7 heteroatoms. The van der Waals surface area contributed by atoms with Gasteiger partial charge in [0.1, 0.15) is 5.82 Å². The van der Waals surface area contributed by atoms with Gasteiger partial charge in [-0.05, 0) is 31.4 Å². The van der Waals surface area contributed by atoms with Crippen LogP contribution in [0.2, 0.25) is 0 Å². The van der Waals surface area contributed by atoms with Crippen molar-refractivity contribution in [3.63, 3.8) is 0 Å². The molecule has 2 aliphatic heterocycles. The Kier molecular flexibility index (Phi) is 8.84. The lowest BCUT2D eigenvalue weighted by molar-refractivity contribution is 0.0389. The zero-order chi connectivity index (χ0) is 19.4. The summed E-state index contributed by atoms with van der Waals surface area (Å²) in [5.74, 6) is 1.97. The first-order valence-corrected chi connectivity index (χ1v) is 10.9. The number of morpholine rings is 1. The molecule has 1 aromatic heterocycles. The SMILES string of the molecule is CCNC(=NCc1ccc(N2CCCCCC2)nc1)NCCN1CCOCC1. The Balaban J connectivity index is 1.47. The van der Waals surface area contributed by atoms with E-state index in [4.69, 9.17) is 9.73 Å². The van der Waals surface area contributed by atoms with Gasteiger partial charge in [-0.3, -0.25) is 4.90 Å². The molecule has 0 amide bonds. The van der Waals surface area contributed by atoms with Gasteiger partial charge in [0.15, 0.2) is 5.96 Å². The van der Waals surface area contributed by atoms with E-state index in [-0.39, 0.29) is 0 Å². The third kappa shape index (κ3) is 6.95. The molecule has 2 N–H and O–H groups in total. The molecule has 156 valence electrons. The van der Waals surface area contributed by atoms with E-state index in [1.807, 2.05) is 6.20 Å². The highest BCUT2D eigenvalue weighted by Crippen LogP contribution is 2.17. The van der Waals surface area contributed by atoms with E-state index in [1.54, 1.807) is 0 Å². The molecular weight excluding hydrogens is 352 g/mol. The van der Waals surface area contributed by atoms with Crippen molar-refractivity contribution in [2.45, 2.75) is 39.2 Å². The van der Waals surface area contributed by atoms with E-state index < -0.39 is 0 Å². The number of nitrogens with one attached hydrogen (secondary N) is 2. The van der Waals surface area contributed by atoms with Crippen LogP contribution in [0, 0.1) is 0 Å². The van der Waals surface area contributed by atoms with Crippen LogP contribution in [0.3, 0.4) is 0 Å². The van der Waals surface area contributed by atoms with Crippen molar-refractivity contribution in [3.8, 4) is 0 Å². The zero-order valence-electron chi connectivity index (χ0n) is 17.3. The van der Waals surface area contributed by atoms with Gasteiger partial charge in [-0.2, -0.15) is 0 Å². The highest BCUT2D eigenvalue weighted by Gasteiger charge is 2.11. The van der Waals surface area contributed by atoms with Gasteiger partial charge in [0.25, 0.3) is 0 Å². The molecule has 0 spiro atoms. The van der Waals surface area contributed by atoms with Crippen molar-refractivity contribution in [3.05, 3.63) is 23.9 Å². The summed E-state index contributed by atoms with van der Waals surface area (Å²) in [7, 11) is 0. The maximum atomic E-state index is 5.40. The fraction of sp³-hybridized carbons (Fsp3) is 0.714. The Morgan fingerprint density at radius 1 is 1.07 bits per heavy atom. The first kappa shape index (κ1) is 20.9. The molecule has 3 rings (SSSR count). The number of ether oxygens (including phenoxy) is 1. The molecule has 0 aromatic carbocycles. The minimum absolute atomic E-state index is 0.639. The smallest absolute Gasteiger partial charge is 0.191 e. The van der Waals surface area contributed by atoms with Gasteiger partial charge in [-0.25, -0.2) is 9.98 Å². The minimum atomic E-state index is 0.639. The molecule has 0 saturated carbocycles. The van der Waals surface area contributed by atoms with E-state index in [9.17, 15) is 0 Å². The molecule has 0 unspecified atom stereocenters. The Bertz CT molecular complexity index is 577. The summed E-state index contributed by atoms with van der Waals surface area (Å²) in [6.45, 7) is 11.5. The van der Waals surface area contributed by atoms with Gasteiger partial charge in [0.05, 0.1) is 19.8 Å². The van der Waals surface area contributed by atoms with Crippen LogP contribution in [-0.4, -0.2) is 74.9 Å². The summed E-state index contributed by atoms with van der Waals surface area (Å²) < 4.78 is 5.40. The molecule has 0 aliphatic carbocycles. The highest BCUT2D eigenvalue weighted by molar-refractivity contribution is 5.79. The molecule has 1 aromatic rings. The molecule has 0 bridgehead atoms. The molecule has 28 heavy (non-hydrogen) atoms. The molecule has 0 atom stereocenters. The molecule has 7 nitrogen and oxygen atoms in total. The molecule has 0 radical (unpaired) electrons. The van der Waals surface area contributed by atoms with Crippen molar-refractivity contribution < 1.29 is 4.74 Å². The van der Waals surface area contributed by atoms with Crippen LogP contribution in [0.15, 0.2) is 23.3 Å². The van der Waals surface area contributed by atoms with E-state index in [2.05, 4.69) is 44.5 Å². The second kappa shape index (κ2) is 11.9. The van der Waals surface area contributed by atoms with Crippen LogP contribution in [0.5, 0.6) is 0 Å². The van der Waals surface area contributed by atoms with Crippen molar-refractivity contribution in [1.29, 1.82) is 0 Å². The lowest BCUT2D eigenvalue weighted by Crippen LogP contribution is -2.44. The van der Waals surface area contributed by atoms with Crippen LogP contribution in [0.1, 0.15) is 38.2 Å². The van der Waals surface area contributed by atoms with Crippen molar-refractivity contribution >= 4 is 11.8 Å². The summed E-state index contributed by atoms with van der Waals surface area (Å²) in [6, 6.07) is 4.31. The van der Waals surface area contributed by atoms with E-state index in [0.29, 0.717) is 6.54 Å². The van der Waals surface area contributed by atoms with Gasteiger partial charge in [0.2, 0.25) is 0 Å². The Labute approximate surface area is 169 Å². The van der Waals surface area contributed by atoms with E-state index in [0.717, 1.165) is 76.4 Å².